The average Bonchev–Trinajstić information content (AvgIpc) is 3.77. The Kier molecular flexibility index (Phi) is 22.6. The third-order valence-electron chi connectivity index (χ3n) is 12.7. The van der Waals surface area contributed by atoms with Gasteiger partial charge in [-0.3, -0.25) is 38.7 Å². The Morgan fingerprint density at radius 1 is 0.800 bits per heavy atom. The Bertz CT molecular complexity index is 2840. The number of rotatable bonds is 28. The first-order chi connectivity index (χ1) is 38.5. The van der Waals surface area contributed by atoms with Gasteiger partial charge in [-0.25, -0.2) is 24.4 Å². The maximum atomic E-state index is 13.6. The van der Waals surface area contributed by atoms with E-state index in [-0.39, 0.29) is 87.1 Å². The molecule has 0 saturated carbocycles. The van der Waals surface area contributed by atoms with Crippen LogP contribution in [0.25, 0.3) is 11.3 Å². The number of amides is 9. The van der Waals surface area contributed by atoms with Crippen molar-refractivity contribution in [2.24, 2.45) is 11.7 Å². The lowest BCUT2D eigenvalue weighted by Gasteiger charge is -2.30. The number of anilines is 4. The lowest BCUT2D eigenvalue weighted by atomic mass is 10.0. The van der Waals surface area contributed by atoms with E-state index in [1.807, 2.05) is 6.07 Å². The number of alkyl carbamates (subject to hydrolysis) is 1. The number of benzene rings is 2. The fourth-order valence-corrected chi connectivity index (χ4v) is 8.32. The van der Waals surface area contributed by atoms with Crippen LogP contribution in [0.15, 0.2) is 85.3 Å². The van der Waals surface area contributed by atoms with Crippen LogP contribution >= 0.6 is 0 Å². The topological polar surface area (TPSA) is 360 Å². The molecule has 1 fully saturated rings. The second-order valence-electron chi connectivity index (χ2n) is 18.8. The summed E-state index contributed by atoms with van der Waals surface area (Å²) in [6.07, 6.45) is 8.15. The number of nitrogens with zero attached hydrogens (tertiary/aromatic N) is 5. The number of carbonyl (C=O) groups excluding carboxylic acids is 9. The monoisotopic (exact) mass is 1110 g/mol. The van der Waals surface area contributed by atoms with Crippen molar-refractivity contribution < 1.29 is 62.1 Å². The maximum Gasteiger partial charge on any atom is 0.408 e. The molecule has 10 N–H and O–H groups in total. The highest BCUT2D eigenvalue weighted by Gasteiger charge is 2.30. The van der Waals surface area contributed by atoms with Gasteiger partial charge in [-0.05, 0) is 79.6 Å². The van der Waals surface area contributed by atoms with Crippen molar-refractivity contribution in [3.63, 3.8) is 0 Å². The van der Waals surface area contributed by atoms with Gasteiger partial charge in [-0.2, -0.15) is 0 Å². The van der Waals surface area contributed by atoms with Crippen molar-refractivity contribution in [1.82, 2.24) is 41.1 Å². The highest BCUT2D eigenvalue weighted by Crippen LogP contribution is 2.27. The molecule has 26 heteroatoms. The summed E-state index contributed by atoms with van der Waals surface area (Å²) in [5, 5.41) is 16.1. The molecule has 26 nitrogen and oxygen atoms in total. The molecule has 4 aromatic rings. The van der Waals surface area contributed by atoms with Crippen LogP contribution in [-0.2, 0) is 49.6 Å². The van der Waals surface area contributed by atoms with E-state index < -0.39 is 53.9 Å². The summed E-state index contributed by atoms with van der Waals surface area (Å²) in [6, 6.07) is 10.9. The largest absolute Gasteiger partial charge is 0.494 e. The highest BCUT2D eigenvalue weighted by molar-refractivity contribution is 6.13. The van der Waals surface area contributed by atoms with E-state index in [2.05, 4.69) is 51.8 Å². The Labute approximate surface area is 461 Å². The number of nitrogens with one attached hydrogen (secondary N) is 6. The number of nitrogen functional groups attached to an aromatic ring is 1. The summed E-state index contributed by atoms with van der Waals surface area (Å²) < 4.78 is 21.6. The lowest BCUT2D eigenvalue weighted by Crippen LogP contribution is -2.54. The average molecular weight is 1110 g/mol. The zero-order valence-corrected chi connectivity index (χ0v) is 44.7. The summed E-state index contributed by atoms with van der Waals surface area (Å²) in [4.78, 5) is 130. The molecule has 2 aromatic carbocycles. The van der Waals surface area contributed by atoms with Gasteiger partial charge in [0.05, 0.1) is 56.4 Å². The molecule has 0 bridgehead atoms. The molecule has 1 saturated heterocycles. The quantitative estimate of drug-likeness (QED) is 0.0230. The zero-order chi connectivity index (χ0) is 57.6. The minimum atomic E-state index is -1.13. The van der Waals surface area contributed by atoms with Crippen LogP contribution in [0.1, 0.15) is 74.8 Å². The van der Waals surface area contributed by atoms with E-state index in [1.54, 1.807) is 74.8 Å². The van der Waals surface area contributed by atoms with E-state index in [0.717, 1.165) is 10.6 Å². The molecule has 2 aliphatic heterocycles. The first kappa shape index (κ1) is 60.0. The number of carbonyl (C=O) groups is 9. The number of primary amides is 1. The van der Waals surface area contributed by atoms with E-state index in [9.17, 15) is 43.2 Å². The SMILES string of the molecule is COC(=O)[C@H](CCOc1ccc(-c2cnc(N)c(C(=O)Nc3cnccc3N3CCOCC3)n2)cc1)NC(=O)OCc1ccc(NC(=O)[C@H](CCCNC(N)=O)NC(=O)C(NC(=O)CCCCCN2C(=O)C=CC2=O)C(C)C)cc1. The Balaban J connectivity index is 0.953. The number of hydrogen-bond acceptors (Lipinski definition) is 18. The van der Waals surface area contributed by atoms with Crippen molar-refractivity contribution >= 4 is 76.4 Å². The number of unbranched alkanes of at least 4 members (excludes halogenated alkanes) is 2. The third kappa shape index (κ3) is 18.2. The smallest absolute Gasteiger partial charge is 0.408 e. The van der Waals surface area contributed by atoms with Crippen LogP contribution in [-0.4, -0.2) is 145 Å². The van der Waals surface area contributed by atoms with Crippen LogP contribution in [0.2, 0.25) is 0 Å². The first-order valence-electron chi connectivity index (χ1n) is 26.0. The summed E-state index contributed by atoms with van der Waals surface area (Å²) in [6.45, 7) is 6.05. The van der Waals surface area contributed by atoms with Gasteiger partial charge in [0.25, 0.3) is 17.7 Å². The molecule has 0 spiro atoms. The van der Waals surface area contributed by atoms with Crippen molar-refractivity contribution in [3.8, 4) is 17.0 Å². The minimum Gasteiger partial charge on any atom is -0.494 e. The molecule has 6 rings (SSSR count). The predicted octanol–water partition coefficient (Wildman–Crippen LogP) is 2.94. The van der Waals surface area contributed by atoms with E-state index in [1.165, 1.54) is 25.5 Å². The number of methoxy groups -OCH3 is 1. The van der Waals surface area contributed by atoms with Gasteiger partial charge >= 0.3 is 18.1 Å². The number of pyridine rings is 1. The number of esters is 1. The van der Waals surface area contributed by atoms with Crippen molar-refractivity contribution in [1.29, 1.82) is 0 Å². The highest BCUT2D eigenvalue weighted by atomic mass is 16.6. The number of aromatic nitrogens is 3. The van der Waals surface area contributed by atoms with Crippen LogP contribution in [0, 0.1) is 5.92 Å². The van der Waals surface area contributed by atoms with Gasteiger partial charge in [0, 0.05) is 68.6 Å². The number of ether oxygens (including phenoxy) is 4. The normalized spacial score (nSPS) is 14.1. The molecule has 9 amide bonds. The molecule has 0 radical (unpaired) electrons. The van der Waals surface area contributed by atoms with Gasteiger partial charge in [-0.1, -0.05) is 32.4 Å². The van der Waals surface area contributed by atoms with Gasteiger partial charge in [0.15, 0.2) is 11.5 Å². The van der Waals surface area contributed by atoms with E-state index in [0.29, 0.717) is 79.5 Å². The third-order valence-corrected chi connectivity index (χ3v) is 12.7. The number of imide groups is 1. The number of morpholine rings is 1. The van der Waals surface area contributed by atoms with Crippen LogP contribution < -0.4 is 53.0 Å². The summed E-state index contributed by atoms with van der Waals surface area (Å²) >= 11 is 0. The minimum absolute atomic E-state index is 0.00851. The standard InChI is InChI=1S/C54H67N13O13/c1-33(2)46(65-43(68)9-5-4-6-24-67-44(69)18-19-45(67)70)50(72)62-38(8-7-22-58-53(56)75)49(71)60-36-14-10-34(11-15-36)32-80-54(76)64-39(52(74)77-3)21-27-79-37-16-12-35(13-17-37)40-31-59-48(55)47(61-40)51(73)63-41-30-57-23-20-42(41)66-25-28-78-29-26-66/h10-20,23,30-31,33,38-39,46H,4-9,21-22,24-29,32H2,1-3H3,(H2,55,59)(H,60,71)(H,62,72)(H,63,73)(H,64,76)(H,65,68)(H3,56,58,75)/t38-,39-,46?/m0/s1. The molecular formula is C54H67N13O13. The second-order valence-corrected chi connectivity index (χ2v) is 18.8. The van der Waals surface area contributed by atoms with Crippen LogP contribution in [0.3, 0.4) is 0 Å². The number of urea groups is 1. The Morgan fingerprint density at radius 3 is 2.21 bits per heavy atom. The van der Waals surface area contributed by atoms with Crippen molar-refractivity contribution in [3.05, 3.63) is 96.6 Å². The molecule has 426 valence electrons. The van der Waals surface area contributed by atoms with Crippen molar-refractivity contribution in [2.45, 2.75) is 83.5 Å². The van der Waals surface area contributed by atoms with Crippen LogP contribution in [0.4, 0.5) is 32.5 Å². The van der Waals surface area contributed by atoms with Gasteiger partial charge in [0.2, 0.25) is 17.7 Å². The molecule has 0 aliphatic carbocycles. The molecular weight excluding hydrogens is 1040 g/mol. The fourth-order valence-electron chi connectivity index (χ4n) is 8.32. The number of hydrogen-bond donors (Lipinski definition) is 8. The van der Waals surface area contributed by atoms with Crippen molar-refractivity contribution in [2.75, 3.05) is 74.4 Å². The first-order valence-corrected chi connectivity index (χ1v) is 26.0. The molecule has 3 atom stereocenters. The van der Waals surface area contributed by atoms with E-state index >= 15 is 0 Å². The fraction of sp³-hybridized carbons (Fsp3) is 0.407. The van der Waals surface area contributed by atoms with Gasteiger partial charge in [-0.15, -0.1) is 0 Å². The van der Waals surface area contributed by atoms with E-state index in [4.69, 9.17) is 30.4 Å². The molecule has 2 aliphatic rings. The summed E-state index contributed by atoms with van der Waals surface area (Å²) in [7, 11) is 1.18. The molecule has 2 aromatic heterocycles. The Morgan fingerprint density at radius 2 is 1.52 bits per heavy atom. The lowest BCUT2D eigenvalue weighted by molar-refractivity contribution is -0.143. The second kappa shape index (κ2) is 30.1. The summed E-state index contributed by atoms with van der Waals surface area (Å²) in [5.41, 5.74) is 14.4. The zero-order valence-electron chi connectivity index (χ0n) is 44.7. The van der Waals surface area contributed by atoms with Crippen LogP contribution in [0.5, 0.6) is 5.75 Å². The summed E-state index contributed by atoms with van der Waals surface area (Å²) in [5.74, 6) is -3.59. The molecule has 4 heterocycles. The Hall–Kier alpha value is -9.20. The van der Waals surface area contributed by atoms with Gasteiger partial charge in [0.1, 0.15) is 30.5 Å². The maximum absolute atomic E-state index is 13.6. The molecule has 80 heavy (non-hydrogen) atoms. The molecule has 1 unspecified atom stereocenters. The number of nitrogens with two attached hydrogens (primary N) is 2. The predicted molar refractivity (Wildman–Crippen MR) is 291 cm³/mol. The van der Waals surface area contributed by atoms with Gasteiger partial charge < -0.3 is 67.2 Å².